The monoisotopic (exact) mass is 293 g/mol. The van der Waals surface area contributed by atoms with E-state index >= 15 is 0 Å². The van der Waals surface area contributed by atoms with Crippen molar-refractivity contribution in [3.63, 3.8) is 0 Å². The highest BCUT2D eigenvalue weighted by Crippen LogP contribution is 2.27. The van der Waals surface area contributed by atoms with E-state index in [1.807, 2.05) is 20.9 Å². The van der Waals surface area contributed by atoms with E-state index < -0.39 is 4.92 Å². The first-order valence-corrected chi connectivity index (χ1v) is 6.57. The number of benzene rings is 1. The number of nitrogens with zero attached hydrogens (tertiary/aromatic N) is 2. The molecule has 0 aliphatic rings. The summed E-state index contributed by atoms with van der Waals surface area (Å²) in [6, 6.07) is 6.47. The van der Waals surface area contributed by atoms with Gasteiger partial charge in [-0.25, -0.2) is 0 Å². The first-order chi connectivity index (χ1) is 9.40. The maximum atomic E-state index is 10.8. The standard InChI is InChI=1S/C14H16ClN3O2/c1-9-6-11(10(2)17(9)3)8-16-14-7-12(18(19)20)4-5-13(14)15/h4-7,16H,8H2,1-3H3. The molecule has 1 aromatic carbocycles. The summed E-state index contributed by atoms with van der Waals surface area (Å²) in [5.74, 6) is 0. The maximum Gasteiger partial charge on any atom is 0.271 e. The number of aryl methyl sites for hydroxylation is 1. The van der Waals surface area contributed by atoms with Crippen LogP contribution in [0.5, 0.6) is 0 Å². The topological polar surface area (TPSA) is 60.1 Å². The lowest BCUT2D eigenvalue weighted by molar-refractivity contribution is -0.384. The smallest absolute Gasteiger partial charge is 0.271 e. The second kappa shape index (κ2) is 5.54. The van der Waals surface area contributed by atoms with Gasteiger partial charge in [-0.05, 0) is 31.5 Å². The first kappa shape index (κ1) is 14.4. The van der Waals surface area contributed by atoms with E-state index in [4.69, 9.17) is 11.6 Å². The first-order valence-electron chi connectivity index (χ1n) is 6.19. The number of halogens is 1. The molecule has 2 rings (SSSR count). The summed E-state index contributed by atoms with van der Waals surface area (Å²) in [4.78, 5) is 10.3. The third-order valence-electron chi connectivity index (χ3n) is 3.51. The predicted octanol–water partition coefficient (Wildman–Crippen LogP) is 3.82. The number of rotatable bonds is 4. The number of nitrogens with one attached hydrogen (secondary N) is 1. The van der Waals surface area contributed by atoms with Crippen molar-refractivity contribution >= 4 is 23.0 Å². The average molecular weight is 294 g/mol. The van der Waals surface area contributed by atoms with Gasteiger partial charge in [-0.2, -0.15) is 0 Å². The van der Waals surface area contributed by atoms with Crippen molar-refractivity contribution in [3.05, 3.63) is 56.4 Å². The van der Waals surface area contributed by atoms with Gasteiger partial charge in [0.2, 0.25) is 0 Å². The highest BCUT2D eigenvalue weighted by molar-refractivity contribution is 6.33. The van der Waals surface area contributed by atoms with E-state index in [1.165, 1.54) is 23.9 Å². The molecular weight excluding hydrogens is 278 g/mol. The summed E-state index contributed by atoms with van der Waals surface area (Å²) in [6.45, 7) is 4.66. The van der Waals surface area contributed by atoms with Gasteiger partial charge in [-0.15, -0.1) is 0 Å². The zero-order chi connectivity index (χ0) is 14.9. The van der Waals surface area contributed by atoms with Crippen LogP contribution in [0.1, 0.15) is 17.0 Å². The van der Waals surface area contributed by atoms with Crippen LogP contribution in [-0.2, 0) is 13.6 Å². The Morgan fingerprint density at radius 1 is 1.35 bits per heavy atom. The molecule has 20 heavy (non-hydrogen) atoms. The second-order valence-corrected chi connectivity index (χ2v) is 5.14. The highest BCUT2D eigenvalue weighted by Gasteiger charge is 2.11. The predicted molar refractivity (Wildman–Crippen MR) is 80.3 cm³/mol. The Morgan fingerprint density at radius 3 is 2.60 bits per heavy atom. The van der Waals surface area contributed by atoms with Crippen molar-refractivity contribution in [2.45, 2.75) is 20.4 Å². The van der Waals surface area contributed by atoms with E-state index in [9.17, 15) is 10.1 Å². The van der Waals surface area contributed by atoms with Gasteiger partial charge in [-0.1, -0.05) is 11.6 Å². The van der Waals surface area contributed by atoms with E-state index in [2.05, 4.69) is 16.0 Å². The van der Waals surface area contributed by atoms with E-state index in [-0.39, 0.29) is 5.69 Å². The molecular formula is C14H16ClN3O2. The molecule has 1 heterocycles. The van der Waals surface area contributed by atoms with Crippen molar-refractivity contribution in [2.75, 3.05) is 5.32 Å². The van der Waals surface area contributed by atoms with Crippen molar-refractivity contribution in [3.8, 4) is 0 Å². The van der Waals surface area contributed by atoms with E-state index in [0.717, 1.165) is 11.3 Å². The van der Waals surface area contributed by atoms with Crippen molar-refractivity contribution in [2.24, 2.45) is 7.05 Å². The molecule has 1 N–H and O–H groups in total. The van der Waals surface area contributed by atoms with Crippen LogP contribution in [0.4, 0.5) is 11.4 Å². The number of nitro groups is 1. The lowest BCUT2D eigenvalue weighted by Gasteiger charge is -2.08. The van der Waals surface area contributed by atoms with Crippen LogP contribution in [0.25, 0.3) is 0 Å². The summed E-state index contributed by atoms with van der Waals surface area (Å²) < 4.78 is 2.10. The van der Waals surface area contributed by atoms with Crippen molar-refractivity contribution in [1.82, 2.24) is 4.57 Å². The minimum Gasteiger partial charge on any atom is -0.379 e. The SMILES string of the molecule is Cc1cc(CNc2cc([N+](=O)[O-])ccc2Cl)c(C)n1C. The molecule has 0 bridgehead atoms. The number of hydrogen-bond donors (Lipinski definition) is 1. The van der Waals surface area contributed by atoms with Crippen LogP contribution in [-0.4, -0.2) is 9.49 Å². The number of anilines is 1. The number of non-ortho nitro benzene ring substituents is 1. The molecule has 2 aromatic rings. The molecule has 106 valence electrons. The molecule has 0 fully saturated rings. The summed E-state index contributed by atoms with van der Waals surface area (Å²) in [5.41, 5.74) is 4.08. The van der Waals surface area contributed by atoms with Gasteiger partial charge in [0.05, 0.1) is 15.6 Å². The second-order valence-electron chi connectivity index (χ2n) is 4.73. The minimum atomic E-state index is -0.431. The molecule has 1 aromatic heterocycles. The normalized spacial score (nSPS) is 10.6. The molecule has 0 atom stereocenters. The van der Waals surface area contributed by atoms with Gasteiger partial charge in [0.15, 0.2) is 0 Å². The number of aromatic nitrogens is 1. The Balaban J connectivity index is 2.20. The van der Waals surface area contributed by atoms with Crippen molar-refractivity contribution < 1.29 is 4.92 Å². The van der Waals surface area contributed by atoms with Gasteiger partial charge < -0.3 is 9.88 Å². The van der Waals surface area contributed by atoms with Gasteiger partial charge in [0, 0.05) is 37.1 Å². The fourth-order valence-electron chi connectivity index (χ4n) is 2.07. The fourth-order valence-corrected chi connectivity index (χ4v) is 2.25. The highest BCUT2D eigenvalue weighted by atomic mass is 35.5. The molecule has 5 nitrogen and oxygen atoms in total. The summed E-state index contributed by atoms with van der Waals surface area (Å²) in [5, 5.41) is 14.4. The number of nitro benzene ring substituents is 1. The third-order valence-corrected chi connectivity index (χ3v) is 3.84. The lowest BCUT2D eigenvalue weighted by Crippen LogP contribution is -2.02. The molecule has 6 heteroatoms. The molecule has 0 radical (unpaired) electrons. The quantitative estimate of drug-likeness (QED) is 0.688. The largest absolute Gasteiger partial charge is 0.379 e. The molecule has 0 aliphatic heterocycles. The van der Waals surface area contributed by atoms with Gasteiger partial charge in [0.1, 0.15) is 0 Å². The maximum absolute atomic E-state index is 10.8. The van der Waals surface area contributed by atoms with Crippen LogP contribution < -0.4 is 5.32 Å². The van der Waals surface area contributed by atoms with E-state index in [1.54, 1.807) is 0 Å². The molecule has 0 amide bonds. The third kappa shape index (κ3) is 2.77. The Bertz CT molecular complexity index is 665. The average Bonchev–Trinajstić information content (AvgIpc) is 2.65. The minimum absolute atomic E-state index is 0.0258. The van der Waals surface area contributed by atoms with Gasteiger partial charge in [0.25, 0.3) is 5.69 Å². The molecule has 0 aliphatic carbocycles. The fraction of sp³-hybridized carbons (Fsp3) is 0.286. The molecule has 0 saturated heterocycles. The summed E-state index contributed by atoms with van der Waals surface area (Å²) in [6.07, 6.45) is 0. The Kier molecular flexibility index (Phi) is 3.99. The summed E-state index contributed by atoms with van der Waals surface area (Å²) in [7, 11) is 2.01. The Morgan fingerprint density at radius 2 is 2.05 bits per heavy atom. The van der Waals surface area contributed by atoms with Gasteiger partial charge in [-0.3, -0.25) is 10.1 Å². The Labute approximate surface area is 122 Å². The molecule has 0 unspecified atom stereocenters. The van der Waals surface area contributed by atoms with Crippen LogP contribution in [0.3, 0.4) is 0 Å². The number of hydrogen-bond acceptors (Lipinski definition) is 3. The van der Waals surface area contributed by atoms with Crippen molar-refractivity contribution in [1.29, 1.82) is 0 Å². The van der Waals surface area contributed by atoms with Crippen LogP contribution in [0.15, 0.2) is 24.3 Å². The van der Waals surface area contributed by atoms with Crippen LogP contribution in [0, 0.1) is 24.0 Å². The zero-order valence-corrected chi connectivity index (χ0v) is 12.4. The van der Waals surface area contributed by atoms with Crippen LogP contribution in [0.2, 0.25) is 5.02 Å². The molecule has 0 spiro atoms. The lowest BCUT2D eigenvalue weighted by atomic mass is 10.2. The zero-order valence-electron chi connectivity index (χ0n) is 11.6. The van der Waals surface area contributed by atoms with Gasteiger partial charge >= 0.3 is 0 Å². The Hall–Kier alpha value is -2.01. The van der Waals surface area contributed by atoms with Crippen LogP contribution >= 0.6 is 11.6 Å². The summed E-state index contributed by atoms with van der Waals surface area (Å²) >= 11 is 6.05. The molecule has 0 saturated carbocycles. The van der Waals surface area contributed by atoms with E-state index in [0.29, 0.717) is 17.3 Å².